The molecule has 0 saturated carbocycles. The lowest BCUT2D eigenvalue weighted by molar-refractivity contribution is 0.124. The predicted octanol–water partition coefficient (Wildman–Crippen LogP) is 4.12. The Morgan fingerprint density at radius 1 is 0.870 bits per heavy atom. The van der Waals surface area contributed by atoms with Crippen molar-refractivity contribution >= 4 is 5.69 Å². The van der Waals surface area contributed by atoms with E-state index in [9.17, 15) is 0 Å². The van der Waals surface area contributed by atoms with Crippen LogP contribution in [-0.4, -0.2) is 36.1 Å². The summed E-state index contributed by atoms with van der Waals surface area (Å²) in [5.41, 5.74) is 4.95. The van der Waals surface area contributed by atoms with Gasteiger partial charge in [0.2, 0.25) is 0 Å². The van der Waals surface area contributed by atoms with Crippen molar-refractivity contribution in [2.45, 2.75) is 20.4 Å². The van der Waals surface area contributed by atoms with Crippen molar-refractivity contribution in [1.82, 2.24) is 9.91 Å². The van der Waals surface area contributed by atoms with Gasteiger partial charge in [0.1, 0.15) is 0 Å². The van der Waals surface area contributed by atoms with Crippen LogP contribution in [-0.2, 0) is 6.54 Å². The van der Waals surface area contributed by atoms with E-state index in [4.69, 9.17) is 0 Å². The van der Waals surface area contributed by atoms with Crippen LogP contribution in [0.4, 0.5) is 5.69 Å². The predicted molar refractivity (Wildman–Crippen MR) is 93.7 cm³/mol. The third-order valence-corrected chi connectivity index (χ3v) is 4.32. The Balaban J connectivity index is 1.50. The number of benzene rings is 2. The largest absolute Gasteiger partial charge is 0.295 e. The summed E-state index contributed by atoms with van der Waals surface area (Å²) >= 11 is 0. The second-order valence-electron chi connectivity index (χ2n) is 6.18. The third kappa shape index (κ3) is 4.39. The summed E-state index contributed by atoms with van der Waals surface area (Å²) in [6.45, 7) is 9.20. The molecule has 4 heteroatoms. The van der Waals surface area contributed by atoms with Crippen molar-refractivity contribution < 1.29 is 0 Å². The van der Waals surface area contributed by atoms with Crippen LogP contribution in [0.25, 0.3) is 0 Å². The van der Waals surface area contributed by atoms with E-state index in [0.29, 0.717) is 0 Å². The van der Waals surface area contributed by atoms with Gasteiger partial charge in [-0.2, -0.15) is 0 Å². The minimum absolute atomic E-state index is 0.915. The van der Waals surface area contributed by atoms with Crippen LogP contribution in [0.3, 0.4) is 0 Å². The average Bonchev–Trinajstić information content (AvgIpc) is 2.58. The van der Waals surface area contributed by atoms with Crippen molar-refractivity contribution in [3.8, 4) is 0 Å². The van der Waals surface area contributed by atoms with Gasteiger partial charge in [-0.1, -0.05) is 47.2 Å². The topological polar surface area (TPSA) is 31.2 Å². The fourth-order valence-electron chi connectivity index (χ4n) is 2.74. The Bertz CT molecular complexity index is 655. The molecule has 1 saturated heterocycles. The first-order chi connectivity index (χ1) is 11.2. The van der Waals surface area contributed by atoms with E-state index in [-0.39, 0.29) is 0 Å². The summed E-state index contributed by atoms with van der Waals surface area (Å²) in [5.74, 6) is 0. The van der Waals surface area contributed by atoms with Gasteiger partial charge in [0.25, 0.3) is 0 Å². The molecule has 0 N–H and O–H groups in total. The zero-order valence-corrected chi connectivity index (χ0v) is 13.9. The SMILES string of the molecule is Cc1ccc(/N=N/N2CCN(Cc3ccccc3C)CC2)cc1. The first-order valence-corrected chi connectivity index (χ1v) is 8.21. The Morgan fingerprint density at radius 2 is 1.57 bits per heavy atom. The maximum atomic E-state index is 4.37. The number of nitrogens with zero attached hydrogens (tertiary/aromatic N) is 4. The van der Waals surface area contributed by atoms with Crippen LogP contribution < -0.4 is 0 Å². The fraction of sp³-hybridized carbons (Fsp3) is 0.368. The summed E-state index contributed by atoms with van der Waals surface area (Å²) in [6.07, 6.45) is 0. The van der Waals surface area contributed by atoms with Gasteiger partial charge in [0.15, 0.2) is 0 Å². The zero-order chi connectivity index (χ0) is 16.1. The molecule has 0 atom stereocenters. The smallest absolute Gasteiger partial charge is 0.0874 e. The fourth-order valence-corrected chi connectivity index (χ4v) is 2.74. The van der Waals surface area contributed by atoms with Gasteiger partial charge in [-0.3, -0.25) is 9.91 Å². The normalized spacial score (nSPS) is 16.2. The molecule has 1 heterocycles. The van der Waals surface area contributed by atoms with Gasteiger partial charge in [0, 0.05) is 19.6 Å². The van der Waals surface area contributed by atoms with Crippen LogP contribution in [0.15, 0.2) is 58.9 Å². The molecule has 0 radical (unpaired) electrons. The second kappa shape index (κ2) is 7.38. The Labute approximate surface area is 138 Å². The number of piperazine rings is 1. The summed E-state index contributed by atoms with van der Waals surface area (Å²) in [6, 6.07) is 16.8. The summed E-state index contributed by atoms with van der Waals surface area (Å²) in [4.78, 5) is 2.49. The lowest BCUT2D eigenvalue weighted by Crippen LogP contribution is -2.43. The minimum Gasteiger partial charge on any atom is -0.295 e. The lowest BCUT2D eigenvalue weighted by Gasteiger charge is -2.32. The summed E-state index contributed by atoms with van der Waals surface area (Å²) < 4.78 is 0. The molecule has 0 bridgehead atoms. The van der Waals surface area contributed by atoms with Gasteiger partial charge < -0.3 is 0 Å². The molecule has 4 nitrogen and oxygen atoms in total. The highest BCUT2D eigenvalue weighted by Gasteiger charge is 2.16. The van der Waals surface area contributed by atoms with Gasteiger partial charge in [-0.15, -0.1) is 5.11 Å². The molecule has 3 rings (SSSR count). The first kappa shape index (κ1) is 15.7. The molecule has 0 aliphatic carbocycles. The standard InChI is InChI=1S/C19H24N4/c1-16-7-9-19(10-8-16)20-21-23-13-11-22(12-14-23)15-18-6-4-3-5-17(18)2/h3-10H,11-15H2,1-2H3/b21-20+. The molecule has 120 valence electrons. The lowest BCUT2D eigenvalue weighted by atomic mass is 10.1. The third-order valence-electron chi connectivity index (χ3n) is 4.32. The van der Waals surface area contributed by atoms with Crippen molar-refractivity contribution in [1.29, 1.82) is 0 Å². The van der Waals surface area contributed by atoms with E-state index in [1.54, 1.807) is 0 Å². The van der Waals surface area contributed by atoms with Gasteiger partial charge >= 0.3 is 0 Å². The quantitative estimate of drug-likeness (QED) is 0.796. The van der Waals surface area contributed by atoms with Crippen LogP contribution in [0, 0.1) is 13.8 Å². The van der Waals surface area contributed by atoms with E-state index in [1.165, 1.54) is 16.7 Å². The molecule has 2 aromatic carbocycles. The maximum Gasteiger partial charge on any atom is 0.0874 e. The number of hydrogen-bond donors (Lipinski definition) is 0. The first-order valence-electron chi connectivity index (χ1n) is 8.21. The molecule has 0 amide bonds. The van der Waals surface area contributed by atoms with Crippen molar-refractivity contribution in [3.63, 3.8) is 0 Å². The molecule has 2 aromatic rings. The molecule has 0 unspecified atom stereocenters. The minimum atomic E-state index is 0.915. The van der Waals surface area contributed by atoms with Crippen LogP contribution in [0.2, 0.25) is 0 Å². The van der Waals surface area contributed by atoms with Gasteiger partial charge in [0.05, 0.1) is 18.8 Å². The van der Waals surface area contributed by atoms with Gasteiger partial charge in [-0.05, 0) is 37.1 Å². The Hall–Kier alpha value is -2.20. The molecule has 0 aromatic heterocycles. The highest BCUT2D eigenvalue weighted by atomic mass is 15.6. The molecular formula is C19H24N4. The zero-order valence-electron chi connectivity index (χ0n) is 13.9. The van der Waals surface area contributed by atoms with E-state index < -0.39 is 0 Å². The monoisotopic (exact) mass is 308 g/mol. The molecule has 0 spiro atoms. The molecule has 1 aliphatic heterocycles. The molecular weight excluding hydrogens is 284 g/mol. The number of hydrogen-bond acceptors (Lipinski definition) is 3. The highest BCUT2D eigenvalue weighted by molar-refractivity contribution is 5.37. The van der Waals surface area contributed by atoms with Crippen LogP contribution in [0.5, 0.6) is 0 Å². The summed E-state index contributed by atoms with van der Waals surface area (Å²) in [7, 11) is 0. The second-order valence-corrected chi connectivity index (χ2v) is 6.18. The van der Waals surface area contributed by atoms with Crippen molar-refractivity contribution in [2.75, 3.05) is 26.2 Å². The number of rotatable bonds is 4. The van der Waals surface area contributed by atoms with Crippen molar-refractivity contribution in [3.05, 3.63) is 65.2 Å². The Morgan fingerprint density at radius 3 is 2.26 bits per heavy atom. The van der Waals surface area contributed by atoms with E-state index in [1.807, 2.05) is 12.1 Å². The molecule has 23 heavy (non-hydrogen) atoms. The average molecular weight is 308 g/mol. The van der Waals surface area contributed by atoms with Crippen LogP contribution >= 0.6 is 0 Å². The van der Waals surface area contributed by atoms with Crippen LogP contribution in [0.1, 0.15) is 16.7 Å². The number of aryl methyl sites for hydroxylation is 2. The van der Waals surface area contributed by atoms with E-state index in [2.05, 4.69) is 70.5 Å². The molecule has 1 aliphatic rings. The molecule has 1 fully saturated rings. The van der Waals surface area contributed by atoms with E-state index in [0.717, 1.165) is 38.4 Å². The van der Waals surface area contributed by atoms with Crippen molar-refractivity contribution in [2.24, 2.45) is 10.3 Å². The highest BCUT2D eigenvalue weighted by Crippen LogP contribution is 2.15. The Kier molecular flexibility index (Phi) is 5.03. The summed E-state index contributed by atoms with van der Waals surface area (Å²) in [5, 5.41) is 10.8. The van der Waals surface area contributed by atoms with E-state index >= 15 is 0 Å². The maximum absolute atomic E-state index is 4.37. The van der Waals surface area contributed by atoms with Gasteiger partial charge in [-0.25, -0.2) is 0 Å².